The Morgan fingerprint density at radius 2 is 1.48 bits per heavy atom. The van der Waals surface area contributed by atoms with Gasteiger partial charge in [-0.05, 0) is 37.1 Å². The lowest BCUT2D eigenvalue weighted by Crippen LogP contribution is -2.24. The molecule has 0 unspecified atom stereocenters. The predicted octanol–water partition coefficient (Wildman–Crippen LogP) is 3.80. The van der Waals surface area contributed by atoms with Gasteiger partial charge in [-0.15, -0.1) is 0 Å². The summed E-state index contributed by atoms with van der Waals surface area (Å²) in [4.78, 5) is 23.7. The molecule has 0 bridgehead atoms. The Kier molecular flexibility index (Phi) is 5.37. The van der Waals surface area contributed by atoms with Crippen LogP contribution in [-0.2, 0) is 9.59 Å². The molecule has 21 heavy (non-hydrogen) atoms. The first kappa shape index (κ1) is 15.5. The van der Waals surface area contributed by atoms with E-state index in [-0.39, 0.29) is 23.7 Å². The van der Waals surface area contributed by atoms with Gasteiger partial charge in [-0.1, -0.05) is 33.1 Å². The molecule has 4 nitrogen and oxygen atoms in total. The maximum Gasteiger partial charge on any atom is 0.227 e. The Balaban J connectivity index is 1.89. The number of hydrogen-bond donors (Lipinski definition) is 2. The molecule has 0 heterocycles. The summed E-state index contributed by atoms with van der Waals surface area (Å²) < 4.78 is 0. The second-order valence-corrected chi connectivity index (χ2v) is 6.05. The zero-order valence-corrected chi connectivity index (χ0v) is 12.8. The van der Waals surface area contributed by atoms with E-state index in [4.69, 9.17) is 0 Å². The third kappa shape index (κ3) is 4.59. The number of benzene rings is 1. The molecule has 0 saturated heterocycles. The van der Waals surface area contributed by atoms with E-state index < -0.39 is 0 Å². The number of carbonyl (C=O) groups is 2. The van der Waals surface area contributed by atoms with Crippen molar-refractivity contribution >= 4 is 23.2 Å². The van der Waals surface area contributed by atoms with Crippen LogP contribution in [0.25, 0.3) is 0 Å². The molecule has 2 amide bonds. The summed E-state index contributed by atoms with van der Waals surface area (Å²) in [5.41, 5.74) is 1.54. The number of rotatable bonds is 4. The lowest BCUT2D eigenvalue weighted by molar-refractivity contribution is -0.121. The van der Waals surface area contributed by atoms with Crippen molar-refractivity contribution in [1.29, 1.82) is 0 Å². The standard InChI is InChI=1S/C17H24N2O2/c1-12(2)16(20)18-14-8-10-15(11-9-14)19-17(21)13-6-4-3-5-7-13/h8-13H,3-7H2,1-2H3,(H,18,20)(H,19,21). The van der Waals surface area contributed by atoms with E-state index in [9.17, 15) is 9.59 Å². The van der Waals surface area contributed by atoms with Crippen LogP contribution in [-0.4, -0.2) is 11.8 Å². The van der Waals surface area contributed by atoms with Gasteiger partial charge in [0.2, 0.25) is 11.8 Å². The largest absolute Gasteiger partial charge is 0.326 e. The van der Waals surface area contributed by atoms with E-state index in [1.807, 2.05) is 38.1 Å². The summed E-state index contributed by atoms with van der Waals surface area (Å²) in [5.74, 6) is 0.220. The van der Waals surface area contributed by atoms with Gasteiger partial charge in [-0.2, -0.15) is 0 Å². The lowest BCUT2D eigenvalue weighted by Gasteiger charge is -2.20. The maximum absolute atomic E-state index is 12.1. The highest BCUT2D eigenvalue weighted by molar-refractivity contribution is 5.94. The Morgan fingerprint density at radius 3 is 2.00 bits per heavy atom. The Morgan fingerprint density at radius 1 is 0.952 bits per heavy atom. The summed E-state index contributed by atoms with van der Waals surface area (Å²) >= 11 is 0. The molecule has 1 aliphatic rings. The SMILES string of the molecule is CC(C)C(=O)Nc1ccc(NC(=O)C2CCCCC2)cc1. The van der Waals surface area contributed by atoms with Gasteiger partial charge in [0.15, 0.2) is 0 Å². The van der Waals surface area contributed by atoms with E-state index in [0.29, 0.717) is 0 Å². The van der Waals surface area contributed by atoms with Crippen molar-refractivity contribution in [2.45, 2.75) is 46.0 Å². The molecule has 114 valence electrons. The van der Waals surface area contributed by atoms with Crippen molar-refractivity contribution in [1.82, 2.24) is 0 Å². The van der Waals surface area contributed by atoms with Crippen LogP contribution in [0.5, 0.6) is 0 Å². The van der Waals surface area contributed by atoms with Crippen molar-refractivity contribution in [2.24, 2.45) is 11.8 Å². The number of anilines is 2. The molecule has 2 rings (SSSR count). The van der Waals surface area contributed by atoms with Gasteiger partial charge < -0.3 is 10.6 Å². The molecule has 1 fully saturated rings. The van der Waals surface area contributed by atoms with Crippen LogP contribution >= 0.6 is 0 Å². The predicted molar refractivity (Wildman–Crippen MR) is 85.1 cm³/mol. The van der Waals surface area contributed by atoms with Crippen molar-refractivity contribution in [2.75, 3.05) is 10.6 Å². The van der Waals surface area contributed by atoms with E-state index in [2.05, 4.69) is 10.6 Å². The van der Waals surface area contributed by atoms with E-state index in [1.165, 1.54) is 6.42 Å². The molecule has 2 N–H and O–H groups in total. The molecular formula is C17H24N2O2. The van der Waals surface area contributed by atoms with Crippen molar-refractivity contribution in [3.63, 3.8) is 0 Å². The molecule has 1 aliphatic carbocycles. The van der Waals surface area contributed by atoms with Gasteiger partial charge in [0.1, 0.15) is 0 Å². The quantitative estimate of drug-likeness (QED) is 0.885. The number of nitrogens with one attached hydrogen (secondary N) is 2. The molecule has 1 aromatic carbocycles. The van der Waals surface area contributed by atoms with Gasteiger partial charge in [0, 0.05) is 23.2 Å². The molecule has 1 aromatic rings. The number of carbonyl (C=O) groups excluding carboxylic acids is 2. The molecule has 0 spiro atoms. The van der Waals surface area contributed by atoms with E-state index in [1.54, 1.807) is 0 Å². The minimum atomic E-state index is -0.0457. The second kappa shape index (κ2) is 7.25. The van der Waals surface area contributed by atoms with Gasteiger partial charge in [0.25, 0.3) is 0 Å². The summed E-state index contributed by atoms with van der Waals surface area (Å²) in [6, 6.07) is 7.29. The molecule has 1 saturated carbocycles. The van der Waals surface area contributed by atoms with Crippen LogP contribution in [0.1, 0.15) is 46.0 Å². The first-order valence-electron chi connectivity index (χ1n) is 7.78. The fourth-order valence-corrected chi connectivity index (χ4v) is 2.53. The van der Waals surface area contributed by atoms with Crippen LogP contribution in [0.4, 0.5) is 11.4 Å². The smallest absolute Gasteiger partial charge is 0.227 e. The molecule has 4 heteroatoms. The molecule has 0 aromatic heterocycles. The topological polar surface area (TPSA) is 58.2 Å². The van der Waals surface area contributed by atoms with Crippen LogP contribution in [0.15, 0.2) is 24.3 Å². The van der Waals surface area contributed by atoms with Crippen molar-refractivity contribution < 1.29 is 9.59 Å². The van der Waals surface area contributed by atoms with Gasteiger partial charge in [0.05, 0.1) is 0 Å². The number of hydrogen-bond acceptors (Lipinski definition) is 2. The summed E-state index contributed by atoms with van der Waals surface area (Å²) in [6.45, 7) is 3.71. The molecule has 0 aliphatic heterocycles. The van der Waals surface area contributed by atoms with Crippen LogP contribution in [0.2, 0.25) is 0 Å². The molecule has 0 radical (unpaired) electrons. The third-order valence-corrected chi connectivity index (χ3v) is 3.92. The van der Waals surface area contributed by atoms with Crippen molar-refractivity contribution in [3.8, 4) is 0 Å². The van der Waals surface area contributed by atoms with Gasteiger partial charge >= 0.3 is 0 Å². The zero-order chi connectivity index (χ0) is 15.2. The monoisotopic (exact) mass is 288 g/mol. The Bertz CT molecular complexity index is 488. The van der Waals surface area contributed by atoms with Crippen molar-refractivity contribution in [3.05, 3.63) is 24.3 Å². The van der Waals surface area contributed by atoms with Crippen LogP contribution in [0.3, 0.4) is 0 Å². The fraction of sp³-hybridized carbons (Fsp3) is 0.529. The summed E-state index contributed by atoms with van der Waals surface area (Å²) in [6.07, 6.45) is 5.53. The zero-order valence-electron chi connectivity index (χ0n) is 12.8. The lowest BCUT2D eigenvalue weighted by atomic mass is 9.88. The first-order chi connectivity index (χ1) is 10.1. The number of amides is 2. The highest BCUT2D eigenvalue weighted by atomic mass is 16.2. The summed E-state index contributed by atoms with van der Waals surface area (Å²) in [5, 5.41) is 5.80. The Labute approximate surface area is 126 Å². The van der Waals surface area contributed by atoms with Gasteiger partial charge in [-0.3, -0.25) is 9.59 Å². The van der Waals surface area contributed by atoms with Gasteiger partial charge in [-0.25, -0.2) is 0 Å². The average molecular weight is 288 g/mol. The van der Waals surface area contributed by atoms with E-state index >= 15 is 0 Å². The highest BCUT2D eigenvalue weighted by Gasteiger charge is 2.20. The fourth-order valence-electron chi connectivity index (χ4n) is 2.53. The Hall–Kier alpha value is -1.84. The summed E-state index contributed by atoms with van der Waals surface area (Å²) in [7, 11) is 0. The minimum absolute atomic E-state index is 0.00556. The average Bonchev–Trinajstić information content (AvgIpc) is 2.50. The maximum atomic E-state index is 12.1. The molecule has 0 atom stereocenters. The van der Waals surface area contributed by atoms with Crippen LogP contribution in [0, 0.1) is 11.8 Å². The van der Waals surface area contributed by atoms with E-state index in [0.717, 1.165) is 37.1 Å². The minimum Gasteiger partial charge on any atom is -0.326 e. The van der Waals surface area contributed by atoms with Crippen LogP contribution < -0.4 is 10.6 Å². The third-order valence-electron chi connectivity index (χ3n) is 3.92. The highest BCUT2D eigenvalue weighted by Crippen LogP contribution is 2.25. The first-order valence-corrected chi connectivity index (χ1v) is 7.78. The second-order valence-electron chi connectivity index (χ2n) is 6.05. The normalized spacial score (nSPS) is 15.8. The molecular weight excluding hydrogens is 264 g/mol.